The molecular formula is C3H3BrMg. The van der Waals surface area contributed by atoms with Crippen LogP contribution in [0.5, 0.6) is 0 Å². The van der Waals surface area contributed by atoms with Crippen LogP contribution in [0.2, 0.25) is 0 Å². The number of hydrogen-bond acceptors (Lipinski definition) is 0. The average molecular weight is 143 g/mol. The Labute approximate surface area is 59.3 Å². The smallest absolute Gasteiger partial charge is 1.00 e. The monoisotopic (exact) mass is 142 g/mol. The molecule has 24 valence electrons. The molecule has 0 amide bonds. The van der Waals surface area contributed by atoms with Gasteiger partial charge in [0.1, 0.15) is 0 Å². The Hall–Kier alpha value is 0.676. The van der Waals surface area contributed by atoms with Crippen molar-refractivity contribution in [3.8, 4) is 12.3 Å². The van der Waals surface area contributed by atoms with Crippen molar-refractivity contribution in [2.24, 2.45) is 0 Å². The molecule has 0 aromatic heterocycles. The van der Waals surface area contributed by atoms with Gasteiger partial charge in [0, 0.05) is 0 Å². The summed E-state index contributed by atoms with van der Waals surface area (Å²) in [6.45, 7) is 3.01. The van der Waals surface area contributed by atoms with E-state index in [1.54, 1.807) is 0 Å². The van der Waals surface area contributed by atoms with Gasteiger partial charge in [-0.05, 0) is 0 Å². The number of terminal acetylenes is 1. The second-order valence-electron chi connectivity index (χ2n) is 0.204. The van der Waals surface area contributed by atoms with Crippen molar-refractivity contribution in [2.75, 3.05) is 0 Å². The van der Waals surface area contributed by atoms with Gasteiger partial charge in [-0.15, -0.1) is 0 Å². The zero-order chi connectivity index (χ0) is 2.71. The molecule has 0 atom stereocenters. The first-order chi connectivity index (χ1) is 1.41. The molecule has 0 bridgehead atoms. The van der Waals surface area contributed by atoms with Gasteiger partial charge >= 0.3 is 23.1 Å². The van der Waals surface area contributed by atoms with Crippen LogP contribution in [0.25, 0.3) is 0 Å². The topological polar surface area (TPSA) is 0 Å². The predicted octanol–water partition coefficient (Wildman–Crippen LogP) is -2.92. The zero-order valence-electron chi connectivity index (χ0n) is 2.87. The Morgan fingerprint density at radius 2 is 1.60 bits per heavy atom. The van der Waals surface area contributed by atoms with Gasteiger partial charge in [-0.25, -0.2) is 0 Å². The summed E-state index contributed by atoms with van der Waals surface area (Å²) < 4.78 is 0. The van der Waals surface area contributed by atoms with E-state index in [1.165, 1.54) is 0 Å². The van der Waals surface area contributed by atoms with Crippen LogP contribution in [0.3, 0.4) is 0 Å². The molecule has 0 aliphatic heterocycles. The van der Waals surface area contributed by atoms with E-state index in [4.69, 9.17) is 0 Å². The van der Waals surface area contributed by atoms with E-state index in [1.807, 2.05) is 5.92 Å². The third kappa shape index (κ3) is 73.2. The van der Waals surface area contributed by atoms with Crippen molar-refractivity contribution in [2.45, 2.75) is 0 Å². The number of rotatable bonds is 0. The molecule has 0 radical (unpaired) electrons. The molecule has 0 saturated carbocycles. The molecule has 0 N–H and O–H groups in total. The standard InChI is InChI=1S/C3H3.BrH.Mg/c1-3-2;;/h1H,2H2;1H;/q-1;;+2/p-1. The first kappa shape index (κ1) is 17.3. The van der Waals surface area contributed by atoms with Crippen LogP contribution < -0.4 is 17.0 Å². The minimum Gasteiger partial charge on any atom is -1.00 e. The largest absolute Gasteiger partial charge is 2.00 e. The van der Waals surface area contributed by atoms with Crippen molar-refractivity contribution in [1.29, 1.82) is 0 Å². The Balaban J connectivity index is -0.0000000200. The fourth-order valence-electron chi connectivity index (χ4n) is 0. The Kier molecular flexibility index (Phi) is 78.0. The van der Waals surface area contributed by atoms with E-state index in [0.29, 0.717) is 0 Å². The van der Waals surface area contributed by atoms with Gasteiger partial charge in [0.05, 0.1) is 0 Å². The molecular weight excluding hydrogens is 140 g/mol. The van der Waals surface area contributed by atoms with Gasteiger partial charge in [-0.3, -0.25) is 0 Å². The Morgan fingerprint density at radius 1 is 1.60 bits per heavy atom. The number of hydrogen-bond donors (Lipinski definition) is 0. The predicted molar refractivity (Wildman–Crippen MR) is 19.9 cm³/mol. The van der Waals surface area contributed by atoms with Crippen molar-refractivity contribution in [3.05, 3.63) is 6.92 Å². The van der Waals surface area contributed by atoms with E-state index in [2.05, 4.69) is 13.3 Å². The zero-order valence-corrected chi connectivity index (χ0v) is 5.87. The van der Waals surface area contributed by atoms with Gasteiger partial charge < -0.3 is 29.3 Å². The van der Waals surface area contributed by atoms with Crippen LogP contribution >= 0.6 is 0 Å². The second-order valence-corrected chi connectivity index (χ2v) is 0.204. The van der Waals surface area contributed by atoms with E-state index in [0.717, 1.165) is 0 Å². The first-order valence-corrected chi connectivity index (χ1v) is 0.642. The second kappa shape index (κ2) is 22.5. The van der Waals surface area contributed by atoms with Crippen molar-refractivity contribution in [1.82, 2.24) is 0 Å². The van der Waals surface area contributed by atoms with Gasteiger partial charge in [0.15, 0.2) is 0 Å². The third-order valence-corrected chi connectivity index (χ3v) is 0. The van der Waals surface area contributed by atoms with E-state index in [-0.39, 0.29) is 40.0 Å². The van der Waals surface area contributed by atoms with Crippen molar-refractivity contribution in [3.63, 3.8) is 0 Å². The molecule has 0 aliphatic rings. The van der Waals surface area contributed by atoms with Crippen LogP contribution in [0, 0.1) is 19.3 Å². The van der Waals surface area contributed by atoms with Crippen LogP contribution in [-0.4, -0.2) is 23.1 Å². The van der Waals surface area contributed by atoms with Gasteiger partial charge in [-0.2, -0.15) is 6.92 Å². The summed E-state index contributed by atoms with van der Waals surface area (Å²) in [5.41, 5.74) is 0. The summed E-state index contributed by atoms with van der Waals surface area (Å²) in [6, 6.07) is 0. The Morgan fingerprint density at radius 3 is 1.60 bits per heavy atom. The maximum atomic E-state index is 4.49. The molecule has 2 heteroatoms. The minimum absolute atomic E-state index is 0. The van der Waals surface area contributed by atoms with Crippen LogP contribution in [0.1, 0.15) is 0 Å². The molecule has 0 aromatic rings. The maximum absolute atomic E-state index is 4.49. The quantitative estimate of drug-likeness (QED) is 0.194. The molecule has 0 spiro atoms. The fourth-order valence-corrected chi connectivity index (χ4v) is 0. The van der Waals surface area contributed by atoms with Crippen LogP contribution in [-0.2, 0) is 0 Å². The van der Waals surface area contributed by atoms with Crippen LogP contribution in [0.15, 0.2) is 0 Å². The van der Waals surface area contributed by atoms with E-state index < -0.39 is 0 Å². The molecule has 0 saturated heterocycles. The first-order valence-electron chi connectivity index (χ1n) is 0.642. The van der Waals surface area contributed by atoms with E-state index in [9.17, 15) is 0 Å². The van der Waals surface area contributed by atoms with E-state index >= 15 is 0 Å². The molecule has 0 fully saturated rings. The van der Waals surface area contributed by atoms with Crippen LogP contribution in [0.4, 0.5) is 0 Å². The number of halogens is 1. The summed E-state index contributed by atoms with van der Waals surface area (Å²) in [5, 5.41) is 0. The summed E-state index contributed by atoms with van der Waals surface area (Å²) in [6.07, 6.45) is 4.49. The molecule has 0 nitrogen and oxygen atoms in total. The summed E-state index contributed by atoms with van der Waals surface area (Å²) >= 11 is 0. The van der Waals surface area contributed by atoms with Gasteiger partial charge in [-0.1, -0.05) is 0 Å². The fraction of sp³-hybridized carbons (Fsp3) is 0. The van der Waals surface area contributed by atoms with Crippen molar-refractivity contribution < 1.29 is 17.0 Å². The summed E-state index contributed by atoms with van der Waals surface area (Å²) in [7, 11) is 0. The van der Waals surface area contributed by atoms with Gasteiger partial charge in [0.25, 0.3) is 0 Å². The molecule has 0 aromatic carbocycles. The Bertz CT molecular complexity index is 28.4. The molecule has 5 heavy (non-hydrogen) atoms. The summed E-state index contributed by atoms with van der Waals surface area (Å²) in [4.78, 5) is 0. The SMILES string of the molecule is C#C[CH2-].[Br-].[Mg+2]. The summed E-state index contributed by atoms with van der Waals surface area (Å²) in [5.74, 6) is 2.00. The molecule has 0 heterocycles. The minimum atomic E-state index is 0. The van der Waals surface area contributed by atoms with Crippen molar-refractivity contribution >= 4 is 23.1 Å². The normalized spacial score (nSPS) is 1.40. The third-order valence-electron chi connectivity index (χ3n) is 0. The molecule has 0 rings (SSSR count). The molecule has 0 unspecified atom stereocenters. The average Bonchev–Trinajstić information content (AvgIpc) is 0.918. The van der Waals surface area contributed by atoms with Gasteiger partial charge in [0.2, 0.25) is 0 Å². The maximum Gasteiger partial charge on any atom is 2.00 e. The molecule has 0 aliphatic carbocycles.